The summed E-state index contributed by atoms with van der Waals surface area (Å²) in [5.41, 5.74) is 0. The van der Waals surface area contributed by atoms with Crippen LogP contribution >= 0.6 is 0 Å². The molecule has 1 atom stereocenters. The van der Waals surface area contributed by atoms with Crippen LogP contribution in [0, 0.1) is 5.92 Å². The standard InChI is InChI=1S/C11H18N2O5/c14-9(15)5-8(10(16)17)13-11(18)12-6-7-3-1-2-4-7/h7-8H,1-6H2,(H,14,15)(H,16,17)(H2,12,13,18). The van der Waals surface area contributed by atoms with Gasteiger partial charge in [-0.15, -0.1) is 0 Å². The Hall–Kier alpha value is -1.79. The highest BCUT2D eigenvalue weighted by molar-refractivity contribution is 5.86. The second-order valence-electron chi connectivity index (χ2n) is 4.49. The van der Waals surface area contributed by atoms with Crippen LogP contribution in [0.15, 0.2) is 0 Å². The molecule has 0 aromatic rings. The molecule has 0 saturated heterocycles. The molecule has 0 aromatic heterocycles. The fraction of sp³-hybridized carbons (Fsp3) is 0.727. The molecular formula is C11H18N2O5. The Labute approximate surface area is 105 Å². The molecule has 0 heterocycles. The van der Waals surface area contributed by atoms with E-state index >= 15 is 0 Å². The first-order valence-corrected chi connectivity index (χ1v) is 5.98. The second-order valence-corrected chi connectivity index (χ2v) is 4.49. The van der Waals surface area contributed by atoms with E-state index in [9.17, 15) is 14.4 Å². The molecule has 0 bridgehead atoms. The third kappa shape index (κ3) is 5.03. The number of nitrogens with one attached hydrogen (secondary N) is 2. The number of aliphatic carboxylic acids is 2. The Morgan fingerprint density at radius 1 is 1.17 bits per heavy atom. The van der Waals surface area contributed by atoms with Gasteiger partial charge in [0.1, 0.15) is 6.04 Å². The third-order valence-electron chi connectivity index (χ3n) is 3.01. The van der Waals surface area contributed by atoms with Gasteiger partial charge in [0.15, 0.2) is 0 Å². The van der Waals surface area contributed by atoms with Crippen LogP contribution in [0.4, 0.5) is 4.79 Å². The van der Waals surface area contributed by atoms with Crippen LogP contribution in [0.2, 0.25) is 0 Å². The first-order valence-electron chi connectivity index (χ1n) is 5.98. The van der Waals surface area contributed by atoms with E-state index in [1.807, 2.05) is 0 Å². The summed E-state index contributed by atoms with van der Waals surface area (Å²) in [6.07, 6.45) is 3.82. The normalized spacial score (nSPS) is 17.1. The van der Waals surface area contributed by atoms with Crippen LogP contribution in [-0.2, 0) is 9.59 Å². The van der Waals surface area contributed by atoms with Crippen molar-refractivity contribution in [3.63, 3.8) is 0 Å². The smallest absolute Gasteiger partial charge is 0.326 e. The molecule has 0 spiro atoms. The lowest BCUT2D eigenvalue weighted by molar-refractivity contribution is -0.145. The van der Waals surface area contributed by atoms with E-state index in [1.54, 1.807) is 0 Å². The van der Waals surface area contributed by atoms with E-state index in [-0.39, 0.29) is 0 Å². The molecule has 4 N–H and O–H groups in total. The minimum Gasteiger partial charge on any atom is -0.481 e. The lowest BCUT2D eigenvalue weighted by atomic mass is 10.1. The number of urea groups is 1. The Bertz CT molecular complexity index is 325. The van der Waals surface area contributed by atoms with Gasteiger partial charge in [-0.2, -0.15) is 0 Å². The van der Waals surface area contributed by atoms with Crippen molar-refractivity contribution in [2.45, 2.75) is 38.1 Å². The van der Waals surface area contributed by atoms with Crippen LogP contribution < -0.4 is 10.6 Å². The molecule has 7 heteroatoms. The number of carbonyl (C=O) groups excluding carboxylic acids is 1. The Morgan fingerprint density at radius 2 is 1.78 bits per heavy atom. The molecule has 2 amide bonds. The fourth-order valence-corrected chi connectivity index (χ4v) is 2.04. The molecule has 0 aliphatic heterocycles. The van der Waals surface area contributed by atoms with Gasteiger partial charge in [0.25, 0.3) is 0 Å². The number of amides is 2. The van der Waals surface area contributed by atoms with Gasteiger partial charge in [-0.05, 0) is 18.8 Å². The summed E-state index contributed by atoms with van der Waals surface area (Å²) in [6.45, 7) is 0.505. The zero-order valence-electron chi connectivity index (χ0n) is 10.0. The quantitative estimate of drug-likeness (QED) is 0.550. The summed E-state index contributed by atoms with van der Waals surface area (Å²) < 4.78 is 0. The number of carboxylic acid groups (broad SMARTS) is 2. The second kappa shape index (κ2) is 6.83. The van der Waals surface area contributed by atoms with Crippen molar-refractivity contribution in [1.82, 2.24) is 10.6 Å². The molecular weight excluding hydrogens is 240 g/mol. The van der Waals surface area contributed by atoms with Crippen molar-refractivity contribution >= 4 is 18.0 Å². The molecule has 1 fully saturated rings. The average Bonchev–Trinajstić information content (AvgIpc) is 2.77. The zero-order chi connectivity index (χ0) is 13.5. The highest BCUT2D eigenvalue weighted by atomic mass is 16.4. The van der Waals surface area contributed by atoms with Gasteiger partial charge in [-0.1, -0.05) is 12.8 Å². The maximum absolute atomic E-state index is 11.4. The Kier molecular flexibility index (Phi) is 5.41. The SMILES string of the molecule is O=C(O)CC(NC(=O)NCC1CCCC1)C(=O)O. The van der Waals surface area contributed by atoms with Crippen LogP contribution in [0.1, 0.15) is 32.1 Å². The Morgan fingerprint density at radius 3 is 2.28 bits per heavy atom. The van der Waals surface area contributed by atoms with Gasteiger partial charge >= 0.3 is 18.0 Å². The van der Waals surface area contributed by atoms with E-state index in [1.165, 1.54) is 0 Å². The molecule has 1 aliphatic carbocycles. The Balaban J connectivity index is 2.31. The first kappa shape index (κ1) is 14.3. The molecule has 18 heavy (non-hydrogen) atoms. The van der Waals surface area contributed by atoms with Gasteiger partial charge in [-0.3, -0.25) is 4.79 Å². The number of rotatable bonds is 6. The van der Waals surface area contributed by atoms with Gasteiger partial charge in [0.05, 0.1) is 6.42 Å². The maximum atomic E-state index is 11.4. The summed E-state index contributed by atoms with van der Waals surface area (Å²) in [7, 11) is 0. The third-order valence-corrected chi connectivity index (χ3v) is 3.01. The highest BCUT2D eigenvalue weighted by Gasteiger charge is 2.23. The number of hydrogen-bond acceptors (Lipinski definition) is 3. The number of carboxylic acids is 2. The van der Waals surface area contributed by atoms with Crippen molar-refractivity contribution in [3.05, 3.63) is 0 Å². The lowest BCUT2D eigenvalue weighted by Crippen LogP contribution is -2.47. The predicted octanol–water partition coefficient (Wildman–Crippen LogP) is 0.404. The van der Waals surface area contributed by atoms with Crippen molar-refractivity contribution in [2.24, 2.45) is 5.92 Å². The monoisotopic (exact) mass is 258 g/mol. The van der Waals surface area contributed by atoms with Crippen molar-refractivity contribution in [2.75, 3.05) is 6.54 Å². The van der Waals surface area contributed by atoms with Crippen LogP contribution in [0.25, 0.3) is 0 Å². The van der Waals surface area contributed by atoms with E-state index in [0.29, 0.717) is 12.5 Å². The van der Waals surface area contributed by atoms with Gasteiger partial charge in [0.2, 0.25) is 0 Å². The lowest BCUT2D eigenvalue weighted by Gasteiger charge is -2.15. The van der Waals surface area contributed by atoms with Crippen LogP contribution in [0.5, 0.6) is 0 Å². The molecule has 1 saturated carbocycles. The van der Waals surface area contributed by atoms with Crippen molar-refractivity contribution < 1.29 is 24.6 Å². The van der Waals surface area contributed by atoms with E-state index < -0.39 is 30.4 Å². The largest absolute Gasteiger partial charge is 0.481 e. The van der Waals surface area contributed by atoms with Crippen molar-refractivity contribution in [3.8, 4) is 0 Å². The minimum atomic E-state index is -1.40. The maximum Gasteiger partial charge on any atom is 0.326 e. The van der Waals surface area contributed by atoms with Crippen LogP contribution in [0.3, 0.4) is 0 Å². The molecule has 0 aromatic carbocycles. The van der Waals surface area contributed by atoms with E-state index in [2.05, 4.69) is 10.6 Å². The topological polar surface area (TPSA) is 116 Å². The average molecular weight is 258 g/mol. The summed E-state index contributed by atoms with van der Waals surface area (Å²) in [5.74, 6) is -2.18. The first-order chi connectivity index (χ1) is 8.49. The molecule has 1 rings (SSSR count). The highest BCUT2D eigenvalue weighted by Crippen LogP contribution is 2.23. The predicted molar refractivity (Wildman–Crippen MR) is 62.2 cm³/mol. The molecule has 102 valence electrons. The summed E-state index contributed by atoms with van der Waals surface area (Å²) >= 11 is 0. The summed E-state index contributed by atoms with van der Waals surface area (Å²) in [6, 6.07) is -2.03. The summed E-state index contributed by atoms with van der Waals surface area (Å²) in [5, 5.41) is 22.0. The number of hydrogen-bond donors (Lipinski definition) is 4. The fourth-order valence-electron chi connectivity index (χ4n) is 2.04. The minimum absolute atomic E-state index is 0.443. The van der Waals surface area contributed by atoms with Crippen LogP contribution in [-0.4, -0.2) is 40.8 Å². The van der Waals surface area contributed by atoms with E-state index in [4.69, 9.17) is 10.2 Å². The van der Waals surface area contributed by atoms with E-state index in [0.717, 1.165) is 25.7 Å². The van der Waals surface area contributed by atoms with Crippen molar-refractivity contribution in [1.29, 1.82) is 0 Å². The molecule has 7 nitrogen and oxygen atoms in total. The van der Waals surface area contributed by atoms with Gasteiger partial charge < -0.3 is 20.8 Å². The molecule has 1 aliphatic rings. The van der Waals surface area contributed by atoms with Gasteiger partial charge in [0, 0.05) is 6.54 Å². The number of carbonyl (C=O) groups is 3. The molecule has 1 unspecified atom stereocenters. The molecule has 0 radical (unpaired) electrons. The van der Waals surface area contributed by atoms with Gasteiger partial charge in [-0.25, -0.2) is 9.59 Å². The summed E-state index contributed by atoms with van der Waals surface area (Å²) in [4.78, 5) is 32.6. The zero-order valence-corrected chi connectivity index (χ0v) is 10.0.